The lowest BCUT2D eigenvalue weighted by Gasteiger charge is -2.45. The van der Waals surface area contributed by atoms with Gasteiger partial charge in [-0.15, -0.1) is 0 Å². The Morgan fingerprint density at radius 3 is 1.34 bits per heavy atom. The number of unbranched alkanes of at least 4 members (excludes halogenated alkanes) is 17. The zero-order chi connectivity index (χ0) is 23.7. The molecule has 0 aromatic heterocycles. The molecule has 5 N–H and O–H groups in total. The third kappa shape index (κ3) is 11.8. The van der Waals surface area contributed by atoms with E-state index in [9.17, 15) is 25.5 Å². The van der Waals surface area contributed by atoms with Gasteiger partial charge in [-0.05, 0) is 6.42 Å². The first-order valence-electron chi connectivity index (χ1n) is 13.5. The molecule has 0 radical (unpaired) electrons. The maximum Gasteiger partial charge on any atom is 0.195 e. The molecule has 0 saturated carbocycles. The van der Waals surface area contributed by atoms with Crippen LogP contribution in [-0.4, -0.2) is 62.3 Å². The van der Waals surface area contributed by atoms with Gasteiger partial charge in [0.1, 0.15) is 24.4 Å². The third-order valence-electron chi connectivity index (χ3n) is 6.94. The molecule has 0 aliphatic carbocycles. The summed E-state index contributed by atoms with van der Waals surface area (Å²) in [7, 11) is 0. The van der Waals surface area contributed by atoms with Crippen LogP contribution in [0.2, 0.25) is 0 Å². The van der Waals surface area contributed by atoms with E-state index in [0.717, 1.165) is 12.8 Å². The van der Waals surface area contributed by atoms with E-state index in [1.165, 1.54) is 96.3 Å². The van der Waals surface area contributed by atoms with Crippen molar-refractivity contribution in [2.75, 3.05) is 6.61 Å². The molecular weight excluding hydrogens is 408 g/mol. The molecule has 0 spiro atoms. The average Bonchev–Trinajstić information content (AvgIpc) is 2.79. The minimum absolute atomic E-state index is 0.174. The molecule has 0 amide bonds. The third-order valence-corrected chi connectivity index (χ3v) is 6.94. The molecule has 1 rings (SSSR count). The van der Waals surface area contributed by atoms with Crippen LogP contribution in [0.4, 0.5) is 0 Å². The Labute approximate surface area is 196 Å². The summed E-state index contributed by atoms with van der Waals surface area (Å²) in [6.45, 7) is 1.75. The zero-order valence-corrected chi connectivity index (χ0v) is 20.6. The number of hydrogen-bond donors (Lipinski definition) is 5. The van der Waals surface area contributed by atoms with E-state index < -0.39 is 36.8 Å². The number of hydrogen-bond acceptors (Lipinski definition) is 6. The van der Waals surface area contributed by atoms with Gasteiger partial charge in [0.15, 0.2) is 5.79 Å². The van der Waals surface area contributed by atoms with Crippen LogP contribution in [-0.2, 0) is 4.74 Å². The Balaban J connectivity index is 1.91. The maximum absolute atomic E-state index is 10.5. The summed E-state index contributed by atoms with van der Waals surface area (Å²) in [6.07, 6.45) is 17.5. The summed E-state index contributed by atoms with van der Waals surface area (Å²) in [6, 6.07) is 0. The molecule has 0 aromatic rings. The van der Waals surface area contributed by atoms with E-state index in [4.69, 9.17) is 4.74 Å². The fourth-order valence-corrected chi connectivity index (χ4v) is 4.71. The van der Waals surface area contributed by atoms with E-state index in [-0.39, 0.29) is 6.42 Å². The molecule has 1 fully saturated rings. The van der Waals surface area contributed by atoms with E-state index in [1.54, 1.807) is 0 Å². The molecule has 1 heterocycles. The average molecular weight is 461 g/mol. The predicted molar refractivity (Wildman–Crippen MR) is 128 cm³/mol. The highest BCUT2D eigenvalue weighted by molar-refractivity contribution is 4.95. The van der Waals surface area contributed by atoms with Crippen molar-refractivity contribution in [3.63, 3.8) is 0 Å². The fourth-order valence-electron chi connectivity index (χ4n) is 4.71. The van der Waals surface area contributed by atoms with Crippen molar-refractivity contribution in [3.8, 4) is 0 Å². The molecule has 1 aliphatic heterocycles. The highest BCUT2D eigenvalue weighted by Crippen LogP contribution is 2.32. The molecule has 1 aliphatic rings. The van der Waals surface area contributed by atoms with E-state index in [1.807, 2.05) is 0 Å². The van der Waals surface area contributed by atoms with Gasteiger partial charge in [0.25, 0.3) is 0 Å². The lowest BCUT2D eigenvalue weighted by molar-refractivity contribution is -0.351. The lowest BCUT2D eigenvalue weighted by Crippen LogP contribution is -2.65. The van der Waals surface area contributed by atoms with Gasteiger partial charge in [-0.3, -0.25) is 0 Å². The minimum atomic E-state index is -1.92. The van der Waals surface area contributed by atoms with Gasteiger partial charge in [0.2, 0.25) is 0 Å². The molecule has 0 aromatic carbocycles. The van der Waals surface area contributed by atoms with Crippen LogP contribution in [0.25, 0.3) is 0 Å². The Bertz CT molecular complexity index is 433. The first-order valence-corrected chi connectivity index (χ1v) is 13.5. The molecule has 0 bridgehead atoms. The van der Waals surface area contributed by atoms with Crippen molar-refractivity contribution in [1.29, 1.82) is 0 Å². The van der Waals surface area contributed by atoms with E-state index >= 15 is 0 Å². The Morgan fingerprint density at radius 1 is 0.594 bits per heavy atom. The normalized spacial score (nSPS) is 28.3. The first-order chi connectivity index (χ1) is 15.5. The quantitative estimate of drug-likeness (QED) is 0.170. The highest BCUT2D eigenvalue weighted by Gasteiger charge is 2.51. The Kier molecular flexibility index (Phi) is 16.9. The smallest absolute Gasteiger partial charge is 0.195 e. The Morgan fingerprint density at radius 2 is 0.969 bits per heavy atom. The molecule has 6 nitrogen and oxygen atoms in total. The van der Waals surface area contributed by atoms with Crippen LogP contribution < -0.4 is 0 Å². The second-order valence-electron chi connectivity index (χ2n) is 9.87. The predicted octanol–water partition coefficient (Wildman–Crippen LogP) is 4.58. The number of rotatable bonds is 20. The molecular formula is C26H52O6. The van der Waals surface area contributed by atoms with Gasteiger partial charge in [0, 0.05) is 6.42 Å². The molecule has 5 atom stereocenters. The van der Waals surface area contributed by atoms with Gasteiger partial charge < -0.3 is 30.3 Å². The number of aliphatic hydroxyl groups excluding tert-OH is 4. The largest absolute Gasteiger partial charge is 0.394 e. The van der Waals surface area contributed by atoms with Gasteiger partial charge in [-0.2, -0.15) is 0 Å². The summed E-state index contributed by atoms with van der Waals surface area (Å²) < 4.78 is 5.30. The summed E-state index contributed by atoms with van der Waals surface area (Å²) in [4.78, 5) is 0. The van der Waals surface area contributed by atoms with Crippen LogP contribution in [0.15, 0.2) is 0 Å². The van der Waals surface area contributed by atoms with Crippen molar-refractivity contribution < 1.29 is 30.3 Å². The van der Waals surface area contributed by atoms with Gasteiger partial charge >= 0.3 is 0 Å². The van der Waals surface area contributed by atoms with Crippen LogP contribution in [0.3, 0.4) is 0 Å². The van der Waals surface area contributed by atoms with E-state index in [0.29, 0.717) is 6.42 Å². The van der Waals surface area contributed by atoms with Crippen LogP contribution in [0, 0.1) is 0 Å². The second-order valence-corrected chi connectivity index (χ2v) is 9.87. The van der Waals surface area contributed by atoms with Gasteiger partial charge in [-0.1, -0.05) is 116 Å². The Hall–Kier alpha value is -0.240. The van der Waals surface area contributed by atoms with Gasteiger partial charge in [-0.25, -0.2) is 0 Å². The topological polar surface area (TPSA) is 110 Å². The second kappa shape index (κ2) is 18.1. The fraction of sp³-hybridized carbons (Fsp3) is 1.00. The van der Waals surface area contributed by atoms with Crippen molar-refractivity contribution >= 4 is 0 Å². The summed E-state index contributed by atoms with van der Waals surface area (Å²) in [5, 5.41) is 49.4. The van der Waals surface area contributed by atoms with Crippen molar-refractivity contribution in [2.45, 2.75) is 159 Å². The molecule has 6 heteroatoms. The lowest BCUT2D eigenvalue weighted by atomic mass is 9.89. The standard InChI is InChI=1S/C26H52O6/c1-2-3-4-5-6-7-8-9-10-11-12-13-14-15-16-17-18-19-20-26(31)25(30)24(29)23(28)22(21-27)32-26/h22-25,27-31H,2-21H2,1H3/t22-,23-,24+,25-,26?/m1/s1. The molecule has 1 unspecified atom stereocenters. The first kappa shape index (κ1) is 29.8. The molecule has 32 heavy (non-hydrogen) atoms. The maximum atomic E-state index is 10.5. The van der Waals surface area contributed by atoms with Crippen molar-refractivity contribution in [2.24, 2.45) is 0 Å². The van der Waals surface area contributed by atoms with Crippen LogP contribution in [0.1, 0.15) is 129 Å². The number of ether oxygens (including phenoxy) is 1. The highest BCUT2D eigenvalue weighted by atomic mass is 16.7. The summed E-state index contributed by atoms with van der Waals surface area (Å²) in [5.41, 5.74) is 0. The van der Waals surface area contributed by atoms with Crippen LogP contribution in [0.5, 0.6) is 0 Å². The van der Waals surface area contributed by atoms with Gasteiger partial charge in [0.05, 0.1) is 6.61 Å². The summed E-state index contributed by atoms with van der Waals surface area (Å²) in [5.74, 6) is -1.92. The zero-order valence-electron chi connectivity index (χ0n) is 20.6. The van der Waals surface area contributed by atoms with Crippen molar-refractivity contribution in [3.05, 3.63) is 0 Å². The minimum Gasteiger partial charge on any atom is -0.394 e. The van der Waals surface area contributed by atoms with Crippen molar-refractivity contribution in [1.82, 2.24) is 0 Å². The molecule has 192 valence electrons. The monoisotopic (exact) mass is 460 g/mol. The van der Waals surface area contributed by atoms with E-state index in [2.05, 4.69) is 6.92 Å². The number of aliphatic hydroxyl groups is 5. The SMILES string of the molecule is CCCCCCCCCCCCCCCCCCCCC1(O)O[C@H](CO)[C@@H](O)[C@H](O)[C@H]1O. The molecule has 1 saturated heterocycles. The summed E-state index contributed by atoms with van der Waals surface area (Å²) >= 11 is 0. The van der Waals surface area contributed by atoms with Crippen LogP contribution >= 0.6 is 0 Å².